The van der Waals surface area contributed by atoms with E-state index in [0.717, 1.165) is 6.42 Å². The van der Waals surface area contributed by atoms with E-state index in [4.69, 9.17) is 4.74 Å². The van der Waals surface area contributed by atoms with E-state index in [0.29, 0.717) is 13.0 Å². The summed E-state index contributed by atoms with van der Waals surface area (Å²) in [7, 11) is 1.47. The highest BCUT2D eigenvalue weighted by molar-refractivity contribution is 6.22. The van der Waals surface area contributed by atoms with Crippen LogP contribution in [-0.2, 0) is 9.53 Å². The van der Waals surface area contributed by atoms with Gasteiger partial charge in [0.25, 0.3) is 17.7 Å². The molecule has 0 saturated carbocycles. The number of hydrogen-bond donors (Lipinski definition) is 1. The van der Waals surface area contributed by atoms with Gasteiger partial charge in [0.2, 0.25) is 0 Å². The third-order valence-corrected chi connectivity index (χ3v) is 5.09. The minimum Gasteiger partial charge on any atom is -0.480 e. The van der Waals surface area contributed by atoms with E-state index < -0.39 is 23.8 Å². The molecule has 0 aliphatic carbocycles. The fourth-order valence-electron chi connectivity index (χ4n) is 3.54. The van der Waals surface area contributed by atoms with Gasteiger partial charge in [-0.1, -0.05) is 13.3 Å². The molecular weight excluding hydrogens is 352 g/mol. The lowest BCUT2D eigenvalue weighted by Gasteiger charge is -2.21. The number of carbonyl (C=O) groups is 4. The maximum Gasteiger partial charge on any atom is 0.326 e. The number of imide groups is 1. The molecule has 8 heteroatoms. The van der Waals surface area contributed by atoms with E-state index in [9.17, 15) is 24.3 Å². The number of unbranched alkanes of at least 4 members (excludes halogenated alkanes) is 1. The largest absolute Gasteiger partial charge is 0.480 e. The van der Waals surface area contributed by atoms with Gasteiger partial charge in [-0.15, -0.1) is 0 Å². The highest BCUT2D eigenvalue weighted by atomic mass is 16.5. The van der Waals surface area contributed by atoms with Crippen molar-refractivity contribution >= 4 is 23.7 Å². The van der Waals surface area contributed by atoms with Crippen LogP contribution in [0.25, 0.3) is 0 Å². The van der Waals surface area contributed by atoms with Gasteiger partial charge in [0.15, 0.2) is 0 Å². The summed E-state index contributed by atoms with van der Waals surface area (Å²) in [6.07, 6.45) is 1.43. The van der Waals surface area contributed by atoms with Crippen LogP contribution in [0.1, 0.15) is 57.3 Å². The second-order valence-corrected chi connectivity index (χ2v) is 6.78. The van der Waals surface area contributed by atoms with E-state index in [-0.39, 0.29) is 41.7 Å². The lowest BCUT2D eigenvalue weighted by Crippen LogP contribution is -2.40. The molecule has 0 aromatic heterocycles. The monoisotopic (exact) mass is 374 g/mol. The molecule has 1 N–H and O–H groups in total. The van der Waals surface area contributed by atoms with Gasteiger partial charge >= 0.3 is 5.97 Å². The predicted molar refractivity (Wildman–Crippen MR) is 94.6 cm³/mol. The summed E-state index contributed by atoms with van der Waals surface area (Å²) in [6.45, 7) is 2.48. The van der Waals surface area contributed by atoms with Gasteiger partial charge in [-0.05, 0) is 24.6 Å². The summed E-state index contributed by atoms with van der Waals surface area (Å²) in [6, 6.07) is 3.35. The second-order valence-electron chi connectivity index (χ2n) is 6.78. The Morgan fingerprint density at radius 1 is 1.22 bits per heavy atom. The van der Waals surface area contributed by atoms with E-state index in [1.807, 2.05) is 6.92 Å². The Bertz CT molecular complexity index is 805. The molecule has 144 valence electrons. The van der Waals surface area contributed by atoms with Crippen LogP contribution in [0.4, 0.5) is 0 Å². The van der Waals surface area contributed by atoms with Crippen molar-refractivity contribution in [3.8, 4) is 0 Å². The average molecular weight is 374 g/mol. The Hall–Kier alpha value is -2.74. The first-order valence-corrected chi connectivity index (χ1v) is 8.95. The predicted octanol–water partition coefficient (Wildman–Crippen LogP) is 1.40. The molecule has 8 nitrogen and oxygen atoms in total. The van der Waals surface area contributed by atoms with Crippen LogP contribution < -0.4 is 0 Å². The number of carboxylic acids is 1. The number of benzene rings is 1. The first-order valence-electron chi connectivity index (χ1n) is 8.95. The minimum atomic E-state index is -1.10. The van der Waals surface area contributed by atoms with Gasteiger partial charge in [-0.3, -0.25) is 19.3 Å². The van der Waals surface area contributed by atoms with Crippen molar-refractivity contribution in [2.24, 2.45) is 0 Å². The van der Waals surface area contributed by atoms with Crippen molar-refractivity contribution < 1.29 is 29.0 Å². The highest BCUT2D eigenvalue weighted by Crippen LogP contribution is 2.27. The third kappa shape index (κ3) is 3.32. The van der Waals surface area contributed by atoms with Crippen molar-refractivity contribution in [3.05, 3.63) is 34.9 Å². The van der Waals surface area contributed by atoms with E-state index in [1.54, 1.807) is 0 Å². The average Bonchev–Trinajstić information content (AvgIpc) is 3.20. The maximum atomic E-state index is 12.9. The Morgan fingerprint density at radius 2 is 1.93 bits per heavy atom. The molecule has 1 aromatic rings. The molecule has 2 aliphatic rings. The Balaban J connectivity index is 1.87. The normalized spacial score (nSPS) is 21.7. The van der Waals surface area contributed by atoms with Crippen LogP contribution in [0, 0.1) is 0 Å². The zero-order valence-corrected chi connectivity index (χ0v) is 15.3. The number of rotatable bonds is 6. The van der Waals surface area contributed by atoms with Crippen molar-refractivity contribution in [2.75, 3.05) is 20.2 Å². The number of ether oxygens (including phenoxy) is 1. The lowest BCUT2D eigenvalue weighted by molar-refractivity contribution is -0.141. The van der Waals surface area contributed by atoms with Gasteiger partial charge < -0.3 is 14.7 Å². The molecule has 2 heterocycles. The van der Waals surface area contributed by atoms with Crippen molar-refractivity contribution in [1.29, 1.82) is 0 Å². The molecular formula is C19H22N2O6. The summed E-state index contributed by atoms with van der Waals surface area (Å²) < 4.78 is 5.20. The zero-order chi connectivity index (χ0) is 19.7. The van der Waals surface area contributed by atoms with Crippen LogP contribution in [0.3, 0.4) is 0 Å². The molecule has 0 radical (unpaired) electrons. The molecule has 1 saturated heterocycles. The van der Waals surface area contributed by atoms with Gasteiger partial charge in [0.1, 0.15) is 6.04 Å². The molecule has 2 atom stereocenters. The highest BCUT2D eigenvalue weighted by Gasteiger charge is 2.41. The van der Waals surface area contributed by atoms with Crippen molar-refractivity contribution in [2.45, 2.75) is 38.3 Å². The van der Waals surface area contributed by atoms with Crippen LogP contribution in [-0.4, -0.2) is 70.9 Å². The summed E-state index contributed by atoms with van der Waals surface area (Å²) in [5.41, 5.74) is 0.658. The minimum absolute atomic E-state index is 0.166. The lowest BCUT2D eigenvalue weighted by atomic mass is 10.0. The van der Waals surface area contributed by atoms with Crippen LogP contribution in [0.5, 0.6) is 0 Å². The fourth-order valence-corrected chi connectivity index (χ4v) is 3.54. The fraction of sp³-hybridized carbons (Fsp3) is 0.474. The molecule has 1 fully saturated rings. The Morgan fingerprint density at radius 3 is 2.56 bits per heavy atom. The molecule has 27 heavy (non-hydrogen) atoms. The van der Waals surface area contributed by atoms with E-state index >= 15 is 0 Å². The number of fused-ring (bicyclic) bond motifs is 1. The zero-order valence-electron chi connectivity index (χ0n) is 15.3. The number of carbonyl (C=O) groups excluding carboxylic acids is 3. The number of methoxy groups -OCH3 is 1. The molecule has 2 aliphatic heterocycles. The smallest absolute Gasteiger partial charge is 0.326 e. The standard InChI is InChI=1S/C19H22N2O6/c1-3-4-7-20-17(23)13-6-5-11(8-14(13)18(20)24)16(22)21-10-12(27-2)9-15(21)19(25)26/h5-6,8,12,15H,3-4,7,9-10H2,1-2H3,(H,25,26). The number of amides is 3. The Kier molecular flexibility index (Phi) is 5.27. The second kappa shape index (κ2) is 7.48. The van der Waals surface area contributed by atoms with Crippen molar-refractivity contribution in [3.63, 3.8) is 0 Å². The molecule has 3 amide bonds. The van der Waals surface area contributed by atoms with Gasteiger partial charge in [-0.2, -0.15) is 0 Å². The summed E-state index contributed by atoms with van der Waals surface area (Å²) in [5, 5.41) is 9.39. The summed E-state index contributed by atoms with van der Waals surface area (Å²) in [4.78, 5) is 51.7. The quantitative estimate of drug-likeness (QED) is 0.755. The molecule has 0 bridgehead atoms. The van der Waals surface area contributed by atoms with E-state index in [2.05, 4.69) is 0 Å². The Labute approximate surface area is 156 Å². The topological polar surface area (TPSA) is 104 Å². The van der Waals surface area contributed by atoms with Crippen molar-refractivity contribution in [1.82, 2.24) is 9.80 Å². The first kappa shape index (κ1) is 19.0. The van der Waals surface area contributed by atoms with Gasteiger partial charge in [0.05, 0.1) is 17.2 Å². The maximum absolute atomic E-state index is 12.9. The number of hydrogen-bond acceptors (Lipinski definition) is 5. The van der Waals surface area contributed by atoms with Gasteiger partial charge in [0, 0.05) is 32.2 Å². The number of carboxylic acid groups (broad SMARTS) is 1. The van der Waals surface area contributed by atoms with Gasteiger partial charge in [-0.25, -0.2) is 4.79 Å². The first-order chi connectivity index (χ1) is 12.9. The molecule has 1 aromatic carbocycles. The van der Waals surface area contributed by atoms with E-state index in [1.165, 1.54) is 35.1 Å². The third-order valence-electron chi connectivity index (χ3n) is 5.09. The van der Waals surface area contributed by atoms with Crippen LogP contribution in [0.2, 0.25) is 0 Å². The number of likely N-dealkylation sites (tertiary alicyclic amines) is 1. The molecule has 3 rings (SSSR count). The molecule has 0 spiro atoms. The summed E-state index contributed by atoms with van der Waals surface area (Å²) in [5.74, 6) is -2.35. The van der Waals surface area contributed by atoms with Crippen LogP contribution in [0.15, 0.2) is 18.2 Å². The van der Waals surface area contributed by atoms with Crippen LogP contribution >= 0.6 is 0 Å². The number of nitrogens with zero attached hydrogens (tertiary/aromatic N) is 2. The summed E-state index contributed by atoms with van der Waals surface area (Å²) >= 11 is 0. The number of aliphatic carboxylic acids is 1. The molecule has 2 unspecified atom stereocenters. The SMILES string of the molecule is CCCCN1C(=O)c2ccc(C(=O)N3CC(OC)CC3C(=O)O)cc2C1=O.